The van der Waals surface area contributed by atoms with Crippen molar-refractivity contribution in [1.29, 1.82) is 0 Å². The van der Waals surface area contributed by atoms with E-state index in [1.54, 1.807) is 0 Å². The molecule has 0 saturated carbocycles. The summed E-state index contributed by atoms with van der Waals surface area (Å²) in [5.74, 6) is 1.49. The van der Waals surface area contributed by atoms with Crippen LogP contribution in [0.25, 0.3) is 11.3 Å². The van der Waals surface area contributed by atoms with Crippen molar-refractivity contribution in [3.63, 3.8) is 0 Å². The Balaban J connectivity index is 0.00000220. The minimum absolute atomic E-state index is 0. The molecule has 0 aliphatic carbocycles. The van der Waals surface area contributed by atoms with Gasteiger partial charge in [-0.1, -0.05) is 24.3 Å². The van der Waals surface area contributed by atoms with Crippen LogP contribution >= 0.6 is 12.4 Å². The van der Waals surface area contributed by atoms with E-state index in [9.17, 15) is 0 Å². The van der Waals surface area contributed by atoms with Gasteiger partial charge in [0.05, 0.1) is 12.6 Å². The highest BCUT2D eigenvalue weighted by Gasteiger charge is 2.11. The highest BCUT2D eigenvalue weighted by molar-refractivity contribution is 5.85. The van der Waals surface area contributed by atoms with Crippen molar-refractivity contribution >= 4 is 12.4 Å². The van der Waals surface area contributed by atoms with Gasteiger partial charge in [-0.15, -0.1) is 12.4 Å². The maximum Gasteiger partial charge on any atom is 0.134 e. The first kappa shape index (κ1) is 17.7. The van der Waals surface area contributed by atoms with E-state index in [0.29, 0.717) is 25.4 Å². The molecule has 1 aromatic heterocycles. The van der Waals surface area contributed by atoms with Gasteiger partial charge in [-0.2, -0.15) is 0 Å². The van der Waals surface area contributed by atoms with E-state index < -0.39 is 0 Å². The monoisotopic (exact) mass is 311 g/mol. The summed E-state index contributed by atoms with van der Waals surface area (Å²) in [5, 5.41) is 8.89. The molecule has 2 rings (SSSR count). The van der Waals surface area contributed by atoms with Crippen LogP contribution in [0.15, 0.2) is 40.8 Å². The Kier molecular flexibility index (Phi) is 7.47. The van der Waals surface area contributed by atoms with Crippen LogP contribution in [-0.2, 0) is 11.3 Å². The third-order valence-corrected chi connectivity index (χ3v) is 3.14. The smallest absolute Gasteiger partial charge is 0.134 e. The van der Waals surface area contributed by atoms with Crippen LogP contribution in [0, 0.1) is 0 Å². The molecule has 0 saturated heterocycles. The second-order valence-electron chi connectivity index (χ2n) is 4.65. The van der Waals surface area contributed by atoms with Crippen LogP contribution in [-0.4, -0.2) is 18.3 Å². The van der Waals surface area contributed by atoms with Crippen molar-refractivity contribution in [1.82, 2.24) is 0 Å². The standard InChI is InChI=1S/C16H21NO3.ClH/c1-2-19-11-12-3-5-13(6-4-12)15-7-8-16(20-15)14(17)9-10-18;/h3-8,14,18H,2,9-11,17H2,1H3;1H. The fourth-order valence-corrected chi connectivity index (χ4v) is 1.97. The largest absolute Gasteiger partial charge is 0.459 e. The van der Waals surface area contributed by atoms with Crippen LogP contribution in [0.2, 0.25) is 0 Å². The zero-order valence-electron chi connectivity index (χ0n) is 12.1. The number of hydrogen-bond donors (Lipinski definition) is 2. The quantitative estimate of drug-likeness (QED) is 0.823. The van der Waals surface area contributed by atoms with Gasteiger partial charge in [0.25, 0.3) is 0 Å². The number of aliphatic hydroxyl groups is 1. The molecule has 5 heteroatoms. The lowest BCUT2D eigenvalue weighted by Gasteiger charge is -2.06. The first-order valence-corrected chi connectivity index (χ1v) is 6.87. The van der Waals surface area contributed by atoms with Gasteiger partial charge in [-0.25, -0.2) is 0 Å². The van der Waals surface area contributed by atoms with Gasteiger partial charge in [0.1, 0.15) is 11.5 Å². The molecule has 1 aromatic carbocycles. The van der Waals surface area contributed by atoms with Gasteiger partial charge in [-0.05, 0) is 31.0 Å². The molecule has 0 aliphatic heterocycles. The minimum atomic E-state index is -0.258. The van der Waals surface area contributed by atoms with Gasteiger partial charge in [0.2, 0.25) is 0 Å². The van der Waals surface area contributed by atoms with Crippen LogP contribution in [0.1, 0.15) is 30.7 Å². The van der Waals surface area contributed by atoms with Crippen molar-refractivity contribution in [2.45, 2.75) is 26.0 Å². The molecule has 0 spiro atoms. The topological polar surface area (TPSA) is 68.6 Å². The van der Waals surface area contributed by atoms with E-state index in [2.05, 4.69) is 0 Å². The summed E-state index contributed by atoms with van der Waals surface area (Å²) in [6.07, 6.45) is 0.500. The molecule has 21 heavy (non-hydrogen) atoms. The normalized spacial score (nSPS) is 12.0. The first-order valence-electron chi connectivity index (χ1n) is 6.87. The molecule has 0 bridgehead atoms. The lowest BCUT2D eigenvalue weighted by molar-refractivity contribution is 0.134. The molecule has 1 atom stereocenters. The lowest BCUT2D eigenvalue weighted by atomic mass is 10.1. The first-order chi connectivity index (χ1) is 9.74. The van der Waals surface area contributed by atoms with Crippen molar-refractivity contribution < 1.29 is 14.3 Å². The lowest BCUT2D eigenvalue weighted by Crippen LogP contribution is -2.10. The van der Waals surface area contributed by atoms with E-state index in [1.165, 1.54) is 0 Å². The van der Waals surface area contributed by atoms with Crippen molar-refractivity contribution in [3.05, 3.63) is 47.7 Å². The Morgan fingerprint density at radius 3 is 2.52 bits per heavy atom. The summed E-state index contributed by atoms with van der Waals surface area (Å²) in [6, 6.07) is 11.6. The molecule has 3 N–H and O–H groups in total. The highest BCUT2D eigenvalue weighted by Crippen LogP contribution is 2.26. The molecule has 0 aliphatic rings. The fourth-order valence-electron chi connectivity index (χ4n) is 1.97. The molecular weight excluding hydrogens is 290 g/mol. The second-order valence-corrected chi connectivity index (χ2v) is 4.65. The number of rotatable bonds is 7. The molecule has 0 amide bonds. The third-order valence-electron chi connectivity index (χ3n) is 3.14. The van der Waals surface area contributed by atoms with E-state index >= 15 is 0 Å². The summed E-state index contributed by atoms with van der Waals surface area (Å²) in [4.78, 5) is 0. The molecule has 1 unspecified atom stereocenters. The Morgan fingerprint density at radius 1 is 1.19 bits per heavy atom. The summed E-state index contributed by atoms with van der Waals surface area (Å²) >= 11 is 0. The average molecular weight is 312 g/mol. The molecule has 0 fully saturated rings. The Bertz CT molecular complexity index is 525. The molecule has 0 radical (unpaired) electrons. The molecule has 1 heterocycles. The van der Waals surface area contributed by atoms with Crippen molar-refractivity contribution in [2.75, 3.05) is 13.2 Å². The number of furan rings is 1. The zero-order valence-corrected chi connectivity index (χ0v) is 12.9. The highest BCUT2D eigenvalue weighted by atomic mass is 35.5. The van der Waals surface area contributed by atoms with Gasteiger partial charge in [0.15, 0.2) is 0 Å². The number of benzene rings is 1. The summed E-state index contributed by atoms with van der Waals surface area (Å²) in [6.45, 7) is 3.38. The van der Waals surface area contributed by atoms with Crippen LogP contribution in [0.4, 0.5) is 0 Å². The second kappa shape index (κ2) is 8.85. The van der Waals surface area contributed by atoms with E-state index in [-0.39, 0.29) is 25.1 Å². The van der Waals surface area contributed by atoms with E-state index in [1.807, 2.05) is 43.3 Å². The van der Waals surface area contributed by atoms with Gasteiger partial charge in [-0.3, -0.25) is 0 Å². The number of aliphatic hydroxyl groups excluding tert-OH is 1. The van der Waals surface area contributed by atoms with Crippen molar-refractivity contribution in [3.8, 4) is 11.3 Å². The molecular formula is C16H22ClNO3. The third kappa shape index (κ3) is 4.86. The number of nitrogens with two attached hydrogens (primary N) is 1. The maximum absolute atomic E-state index is 8.89. The predicted octanol–water partition coefficient (Wildman–Crippen LogP) is 3.29. The van der Waals surface area contributed by atoms with Gasteiger partial charge >= 0.3 is 0 Å². The zero-order chi connectivity index (χ0) is 14.4. The summed E-state index contributed by atoms with van der Waals surface area (Å²) < 4.78 is 11.1. The molecule has 2 aromatic rings. The number of hydrogen-bond acceptors (Lipinski definition) is 4. The van der Waals surface area contributed by atoms with Crippen molar-refractivity contribution in [2.24, 2.45) is 5.73 Å². The number of halogens is 1. The van der Waals surface area contributed by atoms with E-state index in [0.717, 1.165) is 16.9 Å². The van der Waals surface area contributed by atoms with Gasteiger partial charge < -0.3 is 20.0 Å². The minimum Gasteiger partial charge on any atom is -0.459 e. The SMILES string of the molecule is CCOCc1ccc(-c2ccc(C(N)CCO)o2)cc1.Cl. The Hall–Kier alpha value is -1.33. The van der Waals surface area contributed by atoms with Gasteiger partial charge in [0, 0.05) is 18.8 Å². The number of ether oxygens (including phenoxy) is 1. The predicted molar refractivity (Wildman–Crippen MR) is 85.4 cm³/mol. The maximum atomic E-state index is 8.89. The van der Waals surface area contributed by atoms with Crippen LogP contribution in [0.5, 0.6) is 0 Å². The average Bonchev–Trinajstić information content (AvgIpc) is 2.96. The van der Waals surface area contributed by atoms with E-state index in [4.69, 9.17) is 20.0 Å². The molecule has 116 valence electrons. The van der Waals surface area contributed by atoms with Crippen LogP contribution in [0.3, 0.4) is 0 Å². The Morgan fingerprint density at radius 2 is 1.90 bits per heavy atom. The summed E-state index contributed by atoms with van der Waals surface area (Å²) in [5.41, 5.74) is 8.05. The molecule has 4 nitrogen and oxygen atoms in total. The fraction of sp³-hybridized carbons (Fsp3) is 0.375. The Labute approximate surface area is 131 Å². The summed E-state index contributed by atoms with van der Waals surface area (Å²) in [7, 11) is 0. The van der Waals surface area contributed by atoms with Crippen LogP contribution < -0.4 is 5.73 Å².